The summed E-state index contributed by atoms with van der Waals surface area (Å²) in [5, 5.41) is 3.05. The summed E-state index contributed by atoms with van der Waals surface area (Å²) in [4.78, 5) is 12.6. The number of ether oxygens (including phenoxy) is 3. The summed E-state index contributed by atoms with van der Waals surface area (Å²) in [6.07, 6.45) is 0. The Kier molecular flexibility index (Phi) is 7.12. The maximum atomic E-state index is 12.9. The Hall–Kier alpha value is -3.43. The van der Waals surface area contributed by atoms with Gasteiger partial charge in [0.05, 0.1) is 31.9 Å². The summed E-state index contributed by atoms with van der Waals surface area (Å²) < 4.78 is 43.8. The second kappa shape index (κ2) is 9.80. The van der Waals surface area contributed by atoms with E-state index in [1.807, 2.05) is 0 Å². The van der Waals surface area contributed by atoms with Crippen LogP contribution in [0.4, 0.5) is 11.4 Å². The Morgan fingerprint density at radius 3 is 2.19 bits per heavy atom. The third kappa shape index (κ3) is 5.43. The molecule has 0 bridgehead atoms. The maximum absolute atomic E-state index is 12.9. The van der Waals surface area contributed by atoms with Gasteiger partial charge in [0.1, 0.15) is 17.2 Å². The molecule has 0 aliphatic carbocycles. The lowest BCUT2D eigenvalue weighted by Crippen LogP contribution is -2.16. The van der Waals surface area contributed by atoms with E-state index in [4.69, 9.17) is 25.8 Å². The minimum absolute atomic E-state index is 0.101. The van der Waals surface area contributed by atoms with Crippen molar-refractivity contribution in [3.05, 3.63) is 71.2 Å². The van der Waals surface area contributed by atoms with Gasteiger partial charge in [0, 0.05) is 34.5 Å². The molecule has 0 aliphatic heterocycles. The summed E-state index contributed by atoms with van der Waals surface area (Å²) in [6, 6.07) is 15.1. The van der Waals surface area contributed by atoms with E-state index >= 15 is 0 Å². The van der Waals surface area contributed by atoms with E-state index in [0.717, 1.165) is 0 Å². The number of benzene rings is 3. The van der Waals surface area contributed by atoms with Crippen LogP contribution < -0.4 is 24.2 Å². The molecule has 0 aromatic heterocycles. The number of rotatable bonds is 8. The molecule has 3 aromatic rings. The molecular formula is C22H21ClN2O6S. The summed E-state index contributed by atoms with van der Waals surface area (Å²) in [6.45, 7) is 0. The third-order valence-corrected chi connectivity index (χ3v) is 6.02. The van der Waals surface area contributed by atoms with Crippen molar-refractivity contribution < 1.29 is 27.4 Å². The average Bonchev–Trinajstić information content (AvgIpc) is 2.78. The number of carbonyl (C=O) groups is 1. The highest BCUT2D eigenvalue weighted by molar-refractivity contribution is 7.92. The van der Waals surface area contributed by atoms with E-state index in [9.17, 15) is 13.2 Å². The Labute approximate surface area is 191 Å². The van der Waals surface area contributed by atoms with Gasteiger partial charge in [-0.05, 0) is 36.4 Å². The smallest absolute Gasteiger partial charge is 0.262 e. The van der Waals surface area contributed by atoms with E-state index < -0.39 is 15.9 Å². The van der Waals surface area contributed by atoms with Gasteiger partial charge in [0.2, 0.25) is 0 Å². The van der Waals surface area contributed by atoms with E-state index in [1.165, 1.54) is 51.7 Å². The van der Waals surface area contributed by atoms with Crippen LogP contribution in [0.2, 0.25) is 5.02 Å². The molecule has 10 heteroatoms. The van der Waals surface area contributed by atoms with Crippen molar-refractivity contribution in [2.24, 2.45) is 0 Å². The molecule has 0 saturated carbocycles. The van der Waals surface area contributed by atoms with Crippen molar-refractivity contribution in [2.45, 2.75) is 4.90 Å². The molecule has 0 radical (unpaired) electrons. The first-order valence-corrected chi connectivity index (χ1v) is 11.1. The normalized spacial score (nSPS) is 10.9. The molecule has 32 heavy (non-hydrogen) atoms. The first-order chi connectivity index (χ1) is 15.2. The second-order valence-corrected chi connectivity index (χ2v) is 8.65. The largest absolute Gasteiger partial charge is 0.497 e. The fourth-order valence-corrected chi connectivity index (χ4v) is 4.13. The highest BCUT2D eigenvalue weighted by Crippen LogP contribution is 2.30. The monoisotopic (exact) mass is 476 g/mol. The molecule has 3 rings (SSSR count). The fraction of sp³-hybridized carbons (Fsp3) is 0.136. The van der Waals surface area contributed by atoms with Crippen molar-refractivity contribution in [2.75, 3.05) is 31.4 Å². The highest BCUT2D eigenvalue weighted by Gasteiger charge is 2.19. The molecule has 8 nitrogen and oxygen atoms in total. The van der Waals surface area contributed by atoms with Gasteiger partial charge < -0.3 is 19.5 Å². The zero-order valence-corrected chi connectivity index (χ0v) is 19.1. The van der Waals surface area contributed by atoms with Crippen molar-refractivity contribution in [3.63, 3.8) is 0 Å². The number of methoxy groups -OCH3 is 3. The average molecular weight is 477 g/mol. The van der Waals surface area contributed by atoms with Crippen LogP contribution in [-0.2, 0) is 10.0 Å². The standard InChI is InChI=1S/C22H21ClN2O6S/c1-29-17-11-16(12-18(13-17)30-2)24-22(26)14-5-4-6-19(9-14)32(27,28)25-20-10-15(23)7-8-21(20)31-3/h4-13,25H,1-3H3,(H,24,26). The number of anilines is 2. The number of hydrogen-bond acceptors (Lipinski definition) is 6. The molecule has 0 unspecified atom stereocenters. The zero-order chi connectivity index (χ0) is 23.3. The Morgan fingerprint density at radius 1 is 0.875 bits per heavy atom. The molecule has 2 N–H and O–H groups in total. The van der Waals surface area contributed by atoms with Crippen LogP contribution in [0.15, 0.2) is 65.6 Å². The van der Waals surface area contributed by atoms with Crippen LogP contribution in [0.5, 0.6) is 17.2 Å². The predicted molar refractivity (Wildman–Crippen MR) is 123 cm³/mol. The van der Waals surface area contributed by atoms with Gasteiger partial charge in [-0.1, -0.05) is 17.7 Å². The molecule has 0 aliphatic rings. The van der Waals surface area contributed by atoms with Crippen LogP contribution in [0, 0.1) is 0 Å². The van der Waals surface area contributed by atoms with E-state index in [2.05, 4.69) is 10.0 Å². The third-order valence-electron chi connectivity index (χ3n) is 4.42. The summed E-state index contributed by atoms with van der Waals surface area (Å²) in [7, 11) is 0.388. The maximum Gasteiger partial charge on any atom is 0.262 e. The lowest BCUT2D eigenvalue weighted by Gasteiger charge is -2.13. The van der Waals surface area contributed by atoms with Crippen LogP contribution in [-0.4, -0.2) is 35.7 Å². The van der Waals surface area contributed by atoms with Crippen molar-refractivity contribution in [1.29, 1.82) is 0 Å². The van der Waals surface area contributed by atoms with E-state index in [0.29, 0.717) is 28.0 Å². The molecule has 0 fully saturated rings. The SMILES string of the molecule is COc1cc(NC(=O)c2cccc(S(=O)(=O)Nc3cc(Cl)ccc3OC)c2)cc(OC)c1. The first-order valence-electron chi connectivity index (χ1n) is 9.26. The van der Waals surface area contributed by atoms with E-state index in [-0.39, 0.29) is 16.1 Å². The van der Waals surface area contributed by atoms with Gasteiger partial charge in [-0.2, -0.15) is 0 Å². The number of amides is 1. The number of carbonyl (C=O) groups excluding carboxylic acids is 1. The molecule has 1 amide bonds. The van der Waals surface area contributed by atoms with Crippen LogP contribution in [0.1, 0.15) is 10.4 Å². The van der Waals surface area contributed by atoms with Gasteiger partial charge in [0.15, 0.2) is 0 Å². The number of sulfonamides is 1. The van der Waals surface area contributed by atoms with Crippen LogP contribution >= 0.6 is 11.6 Å². The zero-order valence-electron chi connectivity index (χ0n) is 17.5. The number of hydrogen-bond donors (Lipinski definition) is 2. The van der Waals surface area contributed by atoms with Crippen molar-refractivity contribution in [1.82, 2.24) is 0 Å². The molecule has 0 saturated heterocycles. The molecular weight excluding hydrogens is 456 g/mol. The van der Waals surface area contributed by atoms with Crippen LogP contribution in [0.25, 0.3) is 0 Å². The van der Waals surface area contributed by atoms with Gasteiger partial charge in [-0.15, -0.1) is 0 Å². The second-order valence-electron chi connectivity index (χ2n) is 6.53. The molecule has 0 atom stereocenters. The van der Waals surface area contributed by atoms with Gasteiger partial charge in [-0.3, -0.25) is 9.52 Å². The van der Waals surface area contributed by atoms with E-state index in [1.54, 1.807) is 30.3 Å². The summed E-state index contributed by atoms with van der Waals surface area (Å²) >= 11 is 5.97. The Bertz CT molecular complexity index is 1220. The highest BCUT2D eigenvalue weighted by atomic mass is 35.5. The lowest BCUT2D eigenvalue weighted by atomic mass is 10.2. The Morgan fingerprint density at radius 2 is 1.56 bits per heavy atom. The quantitative estimate of drug-likeness (QED) is 0.499. The number of halogens is 1. The Balaban J connectivity index is 1.86. The number of nitrogens with one attached hydrogen (secondary N) is 2. The molecule has 168 valence electrons. The summed E-state index contributed by atoms with van der Waals surface area (Å²) in [5.74, 6) is 0.794. The van der Waals surface area contributed by atoms with Crippen molar-refractivity contribution in [3.8, 4) is 17.2 Å². The topological polar surface area (TPSA) is 103 Å². The predicted octanol–water partition coefficient (Wildman–Crippen LogP) is 4.42. The van der Waals surface area contributed by atoms with Gasteiger partial charge in [-0.25, -0.2) is 8.42 Å². The molecule has 0 spiro atoms. The van der Waals surface area contributed by atoms with Gasteiger partial charge >= 0.3 is 0 Å². The fourth-order valence-electron chi connectivity index (χ4n) is 2.85. The van der Waals surface area contributed by atoms with Crippen molar-refractivity contribution >= 4 is 38.9 Å². The molecule has 3 aromatic carbocycles. The minimum atomic E-state index is -4.02. The summed E-state index contributed by atoms with van der Waals surface area (Å²) in [5.41, 5.74) is 0.757. The minimum Gasteiger partial charge on any atom is -0.497 e. The molecule has 0 heterocycles. The van der Waals surface area contributed by atoms with Gasteiger partial charge in [0.25, 0.3) is 15.9 Å². The lowest BCUT2D eigenvalue weighted by molar-refractivity contribution is 0.102. The first kappa shape index (κ1) is 23.2. The van der Waals surface area contributed by atoms with Crippen LogP contribution in [0.3, 0.4) is 0 Å².